The average Bonchev–Trinajstić information content (AvgIpc) is 2.60. The van der Waals surface area contributed by atoms with Crippen molar-refractivity contribution in [3.63, 3.8) is 0 Å². The molecule has 0 amide bonds. The lowest BCUT2D eigenvalue weighted by atomic mass is 10.1. The zero-order valence-electron chi connectivity index (χ0n) is 13.8. The van der Waals surface area contributed by atoms with E-state index in [2.05, 4.69) is 5.32 Å². The Balaban J connectivity index is 2.21. The van der Waals surface area contributed by atoms with Crippen LogP contribution in [0.2, 0.25) is 5.02 Å². The summed E-state index contributed by atoms with van der Waals surface area (Å²) in [6.45, 7) is 1.81. The van der Waals surface area contributed by atoms with Gasteiger partial charge < -0.3 is 10.4 Å². The van der Waals surface area contributed by atoms with E-state index < -0.39 is 5.97 Å². The van der Waals surface area contributed by atoms with Crippen molar-refractivity contribution in [2.45, 2.75) is 13.3 Å². The number of nitrogens with one attached hydrogen (secondary N) is 1. The molecule has 0 spiro atoms. The molecule has 1 aromatic heterocycles. The summed E-state index contributed by atoms with van der Waals surface area (Å²) in [5.74, 6) is -0.874. The Morgan fingerprint density at radius 2 is 1.96 bits per heavy atom. The second-order valence-corrected chi connectivity index (χ2v) is 6.10. The summed E-state index contributed by atoms with van der Waals surface area (Å²) in [4.78, 5) is 23.9. The Kier molecular flexibility index (Phi) is 4.51. The third kappa shape index (κ3) is 2.98. The first-order chi connectivity index (χ1) is 11.9. The second-order valence-electron chi connectivity index (χ2n) is 5.72. The maximum atomic E-state index is 12.2. The number of rotatable bonds is 4. The van der Waals surface area contributed by atoms with Gasteiger partial charge in [-0.05, 0) is 23.4 Å². The minimum absolute atomic E-state index is 0.0776. The van der Waals surface area contributed by atoms with Crippen molar-refractivity contribution in [1.29, 1.82) is 0 Å². The number of halogens is 1. The number of carboxylic acid groups (broad SMARTS) is 1. The predicted molar refractivity (Wildman–Crippen MR) is 100 cm³/mol. The van der Waals surface area contributed by atoms with Crippen LogP contribution in [0.1, 0.15) is 22.8 Å². The van der Waals surface area contributed by atoms with E-state index in [1.165, 1.54) is 17.7 Å². The number of aromatic nitrogens is 1. The number of nitrogens with zero attached hydrogens (tertiary/aromatic N) is 1. The van der Waals surface area contributed by atoms with Crippen LogP contribution in [0.5, 0.6) is 0 Å². The highest BCUT2D eigenvalue weighted by Crippen LogP contribution is 2.33. The summed E-state index contributed by atoms with van der Waals surface area (Å²) in [6.07, 6.45) is 0.442. The molecular weight excluding hydrogens is 340 g/mol. The fourth-order valence-corrected chi connectivity index (χ4v) is 3.15. The molecule has 0 unspecified atom stereocenters. The second kappa shape index (κ2) is 6.61. The van der Waals surface area contributed by atoms with Crippen LogP contribution in [-0.4, -0.2) is 15.6 Å². The first kappa shape index (κ1) is 17.0. The number of aromatic carboxylic acids is 1. The molecule has 0 saturated heterocycles. The fourth-order valence-electron chi connectivity index (χ4n) is 2.87. The lowest BCUT2D eigenvalue weighted by Gasteiger charge is -2.18. The van der Waals surface area contributed by atoms with Gasteiger partial charge in [-0.25, -0.2) is 4.79 Å². The molecule has 1 heterocycles. The average molecular weight is 357 g/mol. The molecule has 3 aromatic rings. The van der Waals surface area contributed by atoms with Gasteiger partial charge in [0, 0.05) is 18.5 Å². The lowest BCUT2D eigenvalue weighted by Crippen LogP contribution is -2.24. The van der Waals surface area contributed by atoms with E-state index in [0.29, 0.717) is 22.7 Å². The van der Waals surface area contributed by atoms with Crippen LogP contribution in [0.15, 0.2) is 47.3 Å². The van der Waals surface area contributed by atoms with Crippen molar-refractivity contribution in [3.05, 3.63) is 69.0 Å². The zero-order valence-corrected chi connectivity index (χ0v) is 14.6. The molecule has 5 nitrogen and oxygen atoms in total. The number of pyridine rings is 1. The quantitative estimate of drug-likeness (QED) is 0.735. The number of aryl methyl sites for hydroxylation is 1. The first-order valence-corrected chi connectivity index (χ1v) is 8.22. The third-order valence-electron chi connectivity index (χ3n) is 4.23. The van der Waals surface area contributed by atoms with E-state index in [9.17, 15) is 14.7 Å². The molecule has 6 heteroatoms. The normalized spacial score (nSPS) is 10.8. The van der Waals surface area contributed by atoms with Crippen LogP contribution in [0.3, 0.4) is 0 Å². The Morgan fingerprint density at radius 3 is 2.64 bits per heavy atom. The van der Waals surface area contributed by atoms with Gasteiger partial charge >= 0.3 is 5.97 Å². The minimum Gasteiger partial charge on any atom is -0.478 e. The Bertz CT molecular complexity index is 1040. The largest absolute Gasteiger partial charge is 0.478 e. The maximum Gasteiger partial charge on any atom is 0.339 e. The zero-order chi connectivity index (χ0) is 18.1. The summed E-state index contributed by atoms with van der Waals surface area (Å²) in [5.41, 5.74) is 0.830. The number of carboxylic acids is 1. The highest BCUT2D eigenvalue weighted by molar-refractivity contribution is 6.38. The molecule has 0 bridgehead atoms. The highest BCUT2D eigenvalue weighted by Gasteiger charge is 2.20. The molecule has 0 fully saturated rings. The number of anilines is 2. The smallest absolute Gasteiger partial charge is 0.339 e. The van der Waals surface area contributed by atoms with Gasteiger partial charge in [0.1, 0.15) is 11.4 Å². The monoisotopic (exact) mass is 356 g/mol. The Labute approximate surface area is 149 Å². The molecule has 128 valence electrons. The molecule has 0 radical (unpaired) electrons. The number of hydrogen-bond donors (Lipinski definition) is 2. The Morgan fingerprint density at radius 1 is 1.24 bits per heavy atom. The van der Waals surface area contributed by atoms with Crippen molar-refractivity contribution in [3.8, 4) is 0 Å². The SMILES string of the molecule is CCc1cc(=O)n(C)c(Nc2ccc3ccccc3c2Cl)c1C(=O)O. The molecule has 2 N–H and O–H groups in total. The molecule has 0 aliphatic rings. The molecule has 0 saturated carbocycles. The molecule has 3 rings (SSSR count). The van der Waals surface area contributed by atoms with E-state index in [-0.39, 0.29) is 16.9 Å². The molecule has 0 atom stereocenters. The van der Waals surface area contributed by atoms with E-state index in [1.54, 1.807) is 6.07 Å². The summed E-state index contributed by atoms with van der Waals surface area (Å²) in [7, 11) is 1.53. The molecule has 0 aliphatic heterocycles. The fraction of sp³-hybridized carbons (Fsp3) is 0.158. The van der Waals surface area contributed by atoms with Gasteiger partial charge in [0.05, 0.1) is 10.7 Å². The van der Waals surface area contributed by atoms with Crippen LogP contribution >= 0.6 is 11.6 Å². The molecule has 0 aliphatic carbocycles. The van der Waals surface area contributed by atoms with E-state index >= 15 is 0 Å². The molecule has 25 heavy (non-hydrogen) atoms. The summed E-state index contributed by atoms with van der Waals surface area (Å²) in [6, 6.07) is 12.7. The topological polar surface area (TPSA) is 71.3 Å². The van der Waals surface area contributed by atoms with E-state index in [1.807, 2.05) is 37.3 Å². The van der Waals surface area contributed by atoms with Crippen LogP contribution < -0.4 is 10.9 Å². The minimum atomic E-state index is -1.09. The molecule has 2 aromatic carbocycles. The van der Waals surface area contributed by atoms with Gasteiger partial charge in [-0.1, -0.05) is 48.9 Å². The standard InChI is InChI=1S/C19H17ClN2O3/c1-3-11-10-15(23)22(2)18(16(11)19(24)25)21-14-9-8-12-6-4-5-7-13(12)17(14)20/h4-10,21H,3H2,1-2H3,(H,24,25). The Hall–Kier alpha value is -2.79. The van der Waals surface area contributed by atoms with Crippen molar-refractivity contribution >= 4 is 39.8 Å². The van der Waals surface area contributed by atoms with Crippen LogP contribution in [0.25, 0.3) is 10.8 Å². The van der Waals surface area contributed by atoms with Gasteiger partial charge in [-0.15, -0.1) is 0 Å². The van der Waals surface area contributed by atoms with Gasteiger partial charge in [0.2, 0.25) is 0 Å². The number of carbonyl (C=O) groups is 1. The summed E-state index contributed by atoms with van der Waals surface area (Å²) < 4.78 is 1.29. The van der Waals surface area contributed by atoms with E-state index in [4.69, 9.17) is 11.6 Å². The first-order valence-electron chi connectivity index (χ1n) is 7.84. The summed E-state index contributed by atoms with van der Waals surface area (Å²) >= 11 is 6.49. The van der Waals surface area contributed by atoms with Crippen LogP contribution in [-0.2, 0) is 13.5 Å². The lowest BCUT2D eigenvalue weighted by molar-refractivity contribution is 0.0696. The van der Waals surface area contributed by atoms with Gasteiger partial charge in [-0.2, -0.15) is 0 Å². The number of benzene rings is 2. The number of hydrogen-bond acceptors (Lipinski definition) is 3. The van der Waals surface area contributed by atoms with Crippen LogP contribution in [0, 0.1) is 0 Å². The van der Waals surface area contributed by atoms with Crippen molar-refractivity contribution in [1.82, 2.24) is 4.57 Å². The van der Waals surface area contributed by atoms with Crippen molar-refractivity contribution in [2.24, 2.45) is 7.05 Å². The van der Waals surface area contributed by atoms with E-state index in [0.717, 1.165) is 10.8 Å². The van der Waals surface area contributed by atoms with Gasteiger partial charge in [0.15, 0.2) is 0 Å². The summed E-state index contributed by atoms with van der Waals surface area (Å²) in [5, 5.41) is 15.0. The van der Waals surface area contributed by atoms with Crippen LogP contribution in [0.4, 0.5) is 11.5 Å². The maximum absolute atomic E-state index is 12.2. The molecular formula is C19H17ClN2O3. The highest BCUT2D eigenvalue weighted by atomic mass is 35.5. The van der Waals surface area contributed by atoms with Gasteiger partial charge in [-0.3, -0.25) is 9.36 Å². The van der Waals surface area contributed by atoms with Crippen molar-refractivity contribution in [2.75, 3.05) is 5.32 Å². The third-order valence-corrected chi connectivity index (χ3v) is 4.64. The van der Waals surface area contributed by atoms with Gasteiger partial charge in [0.25, 0.3) is 5.56 Å². The number of fused-ring (bicyclic) bond motifs is 1. The predicted octanol–water partition coefficient (Wildman–Crippen LogP) is 4.20. The van der Waals surface area contributed by atoms with Crippen molar-refractivity contribution < 1.29 is 9.90 Å².